The van der Waals surface area contributed by atoms with E-state index in [-0.39, 0.29) is 5.91 Å². The van der Waals surface area contributed by atoms with Crippen molar-refractivity contribution in [1.82, 2.24) is 15.2 Å². The summed E-state index contributed by atoms with van der Waals surface area (Å²) < 4.78 is 1.88. The van der Waals surface area contributed by atoms with Gasteiger partial charge >= 0.3 is 0 Å². The van der Waals surface area contributed by atoms with Gasteiger partial charge < -0.3 is 0 Å². The molecular formula is C18H18N4OS. The van der Waals surface area contributed by atoms with Crippen LogP contribution in [-0.4, -0.2) is 21.9 Å². The molecule has 24 heavy (non-hydrogen) atoms. The number of nitrogens with zero attached hydrogens (tertiary/aromatic N) is 3. The van der Waals surface area contributed by atoms with Crippen LogP contribution in [0.15, 0.2) is 52.9 Å². The molecule has 1 amide bonds. The number of hydrazone groups is 1. The molecular weight excluding hydrogens is 320 g/mol. The maximum absolute atomic E-state index is 11.9. The van der Waals surface area contributed by atoms with Crippen LogP contribution < -0.4 is 5.43 Å². The molecule has 122 valence electrons. The van der Waals surface area contributed by atoms with Gasteiger partial charge in [0, 0.05) is 10.4 Å². The number of aromatic nitrogens is 2. The lowest BCUT2D eigenvalue weighted by Gasteiger charge is -2.03. The van der Waals surface area contributed by atoms with Gasteiger partial charge in [-0.05, 0) is 37.4 Å². The number of carbonyl (C=O) groups is 1. The first-order valence-corrected chi connectivity index (χ1v) is 8.49. The molecule has 0 radical (unpaired) electrons. The van der Waals surface area contributed by atoms with Crippen LogP contribution in [-0.2, 0) is 11.2 Å². The van der Waals surface area contributed by atoms with Gasteiger partial charge in [0.15, 0.2) is 0 Å². The summed E-state index contributed by atoms with van der Waals surface area (Å²) in [4.78, 5) is 12.9. The van der Waals surface area contributed by atoms with E-state index >= 15 is 0 Å². The Morgan fingerprint density at radius 2 is 2.04 bits per heavy atom. The summed E-state index contributed by atoms with van der Waals surface area (Å²) in [5.41, 5.74) is 6.33. The second-order valence-electron chi connectivity index (χ2n) is 5.38. The van der Waals surface area contributed by atoms with E-state index in [1.807, 2.05) is 66.4 Å². The number of nitrogens with one attached hydrogen (secondary N) is 1. The van der Waals surface area contributed by atoms with Crippen LogP contribution in [0.25, 0.3) is 5.69 Å². The van der Waals surface area contributed by atoms with Crippen molar-refractivity contribution in [1.29, 1.82) is 0 Å². The summed E-state index contributed by atoms with van der Waals surface area (Å²) in [6.07, 6.45) is 2.00. The smallest absolute Gasteiger partial charge is 0.245 e. The Kier molecular flexibility index (Phi) is 4.86. The van der Waals surface area contributed by atoms with Crippen LogP contribution in [0, 0.1) is 13.8 Å². The van der Waals surface area contributed by atoms with Crippen LogP contribution in [0.5, 0.6) is 0 Å². The van der Waals surface area contributed by atoms with E-state index in [1.165, 1.54) is 0 Å². The summed E-state index contributed by atoms with van der Waals surface area (Å²) in [6.45, 7) is 3.92. The lowest BCUT2D eigenvalue weighted by atomic mass is 10.2. The molecule has 0 saturated carbocycles. The van der Waals surface area contributed by atoms with Crippen LogP contribution in [0.1, 0.15) is 21.8 Å². The second-order valence-corrected chi connectivity index (χ2v) is 6.41. The van der Waals surface area contributed by atoms with Gasteiger partial charge in [-0.25, -0.2) is 10.1 Å². The van der Waals surface area contributed by atoms with Gasteiger partial charge in [-0.2, -0.15) is 10.2 Å². The van der Waals surface area contributed by atoms with E-state index in [0.717, 1.165) is 27.5 Å². The second kappa shape index (κ2) is 7.23. The minimum Gasteiger partial charge on any atom is -0.273 e. The first-order valence-electron chi connectivity index (χ1n) is 7.61. The van der Waals surface area contributed by atoms with E-state index in [4.69, 9.17) is 0 Å². The Labute approximate surface area is 144 Å². The largest absolute Gasteiger partial charge is 0.273 e. The Balaban J connectivity index is 1.71. The number of benzene rings is 1. The number of thiophene rings is 1. The lowest BCUT2D eigenvalue weighted by Crippen LogP contribution is -2.19. The van der Waals surface area contributed by atoms with E-state index < -0.39 is 0 Å². The Morgan fingerprint density at radius 1 is 1.25 bits per heavy atom. The first-order chi connectivity index (χ1) is 11.6. The molecule has 5 nitrogen and oxygen atoms in total. The number of rotatable bonds is 5. The van der Waals surface area contributed by atoms with Crippen molar-refractivity contribution in [3.63, 3.8) is 0 Å². The number of carbonyl (C=O) groups excluding carboxylic acids is 1. The maximum Gasteiger partial charge on any atom is 0.245 e. The summed E-state index contributed by atoms with van der Waals surface area (Å²) in [5, 5.41) is 10.6. The number of para-hydroxylation sites is 1. The number of amides is 1. The highest BCUT2D eigenvalue weighted by Crippen LogP contribution is 2.16. The number of hydrogen-bond donors (Lipinski definition) is 1. The average molecular weight is 338 g/mol. The summed E-state index contributed by atoms with van der Waals surface area (Å²) in [6, 6.07) is 13.8. The number of hydrogen-bond acceptors (Lipinski definition) is 4. The van der Waals surface area contributed by atoms with Crippen molar-refractivity contribution in [2.45, 2.75) is 20.3 Å². The normalized spacial score (nSPS) is 11.1. The van der Waals surface area contributed by atoms with Crippen molar-refractivity contribution in [2.24, 2.45) is 5.10 Å². The fourth-order valence-electron chi connectivity index (χ4n) is 2.44. The standard InChI is InChI=1S/C18H18N4OS/c1-13-17(12-19-20-18(23)11-16-9-6-10-24-16)14(2)22(21-13)15-7-4-3-5-8-15/h3-10,12H,11H2,1-2H3,(H,20,23)/b19-12+. The third kappa shape index (κ3) is 3.60. The molecule has 0 spiro atoms. The van der Waals surface area contributed by atoms with Gasteiger partial charge in [0.25, 0.3) is 0 Å². The van der Waals surface area contributed by atoms with Gasteiger partial charge in [0.1, 0.15) is 0 Å². The minimum atomic E-state index is -0.126. The van der Waals surface area contributed by atoms with Crippen molar-refractivity contribution in [3.8, 4) is 5.69 Å². The predicted molar refractivity (Wildman–Crippen MR) is 96.8 cm³/mol. The van der Waals surface area contributed by atoms with E-state index in [1.54, 1.807) is 17.6 Å². The highest BCUT2D eigenvalue weighted by molar-refractivity contribution is 7.10. The molecule has 0 aliphatic rings. The van der Waals surface area contributed by atoms with Crippen LogP contribution in [0.2, 0.25) is 0 Å². The van der Waals surface area contributed by atoms with Crippen molar-refractivity contribution in [3.05, 3.63) is 69.7 Å². The zero-order valence-electron chi connectivity index (χ0n) is 13.6. The van der Waals surface area contributed by atoms with Crippen LogP contribution >= 0.6 is 11.3 Å². The Hall–Kier alpha value is -2.73. The zero-order valence-corrected chi connectivity index (χ0v) is 14.4. The maximum atomic E-state index is 11.9. The highest BCUT2D eigenvalue weighted by atomic mass is 32.1. The topological polar surface area (TPSA) is 59.3 Å². The molecule has 0 unspecified atom stereocenters. The van der Waals surface area contributed by atoms with Crippen LogP contribution in [0.4, 0.5) is 0 Å². The molecule has 1 N–H and O–H groups in total. The fourth-order valence-corrected chi connectivity index (χ4v) is 3.15. The molecule has 0 aliphatic carbocycles. The SMILES string of the molecule is Cc1nn(-c2ccccc2)c(C)c1/C=N/NC(=O)Cc1cccs1. The van der Waals surface area contributed by atoms with Gasteiger partial charge in [-0.3, -0.25) is 4.79 Å². The molecule has 3 rings (SSSR count). The van der Waals surface area contributed by atoms with Gasteiger partial charge in [-0.1, -0.05) is 24.3 Å². The zero-order chi connectivity index (χ0) is 16.9. The molecule has 6 heteroatoms. The Morgan fingerprint density at radius 3 is 2.75 bits per heavy atom. The van der Waals surface area contributed by atoms with Gasteiger partial charge in [-0.15, -0.1) is 11.3 Å². The molecule has 0 aliphatic heterocycles. The average Bonchev–Trinajstić information content (AvgIpc) is 3.18. The van der Waals surface area contributed by atoms with E-state index in [2.05, 4.69) is 15.6 Å². The fraction of sp³-hybridized carbons (Fsp3) is 0.167. The van der Waals surface area contributed by atoms with Gasteiger partial charge in [0.05, 0.1) is 29.7 Å². The third-order valence-corrected chi connectivity index (χ3v) is 4.52. The molecule has 0 saturated heterocycles. The van der Waals surface area contributed by atoms with Crippen molar-refractivity contribution < 1.29 is 4.79 Å². The molecule has 0 atom stereocenters. The predicted octanol–water partition coefficient (Wildman–Crippen LogP) is 3.24. The van der Waals surface area contributed by atoms with Crippen LogP contribution in [0.3, 0.4) is 0 Å². The van der Waals surface area contributed by atoms with Crippen molar-refractivity contribution in [2.75, 3.05) is 0 Å². The molecule has 2 aromatic heterocycles. The third-order valence-electron chi connectivity index (χ3n) is 3.65. The quantitative estimate of drug-likeness (QED) is 0.573. The molecule has 0 bridgehead atoms. The number of aryl methyl sites for hydroxylation is 1. The molecule has 2 heterocycles. The minimum absolute atomic E-state index is 0.126. The first kappa shape index (κ1) is 16.1. The summed E-state index contributed by atoms with van der Waals surface area (Å²) >= 11 is 1.56. The van der Waals surface area contributed by atoms with Gasteiger partial charge in [0.2, 0.25) is 5.91 Å². The monoisotopic (exact) mass is 338 g/mol. The van der Waals surface area contributed by atoms with E-state index in [0.29, 0.717) is 6.42 Å². The molecule has 3 aromatic rings. The molecule has 1 aromatic carbocycles. The molecule has 0 fully saturated rings. The highest BCUT2D eigenvalue weighted by Gasteiger charge is 2.11. The Bertz CT molecular complexity index is 851. The van der Waals surface area contributed by atoms with Crippen molar-refractivity contribution >= 4 is 23.5 Å². The van der Waals surface area contributed by atoms with E-state index in [9.17, 15) is 4.79 Å². The summed E-state index contributed by atoms with van der Waals surface area (Å²) in [7, 11) is 0. The summed E-state index contributed by atoms with van der Waals surface area (Å²) in [5.74, 6) is -0.126. The lowest BCUT2D eigenvalue weighted by molar-refractivity contribution is -0.120.